The molecule has 0 aliphatic carbocycles. The normalized spacial score (nSPS) is 10.9. The van der Waals surface area contributed by atoms with Crippen LogP contribution in [0.1, 0.15) is 11.1 Å². The maximum atomic E-state index is 13.3. The fourth-order valence-electron chi connectivity index (χ4n) is 3.45. The van der Waals surface area contributed by atoms with E-state index in [1.54, 1.807) is 30.3 Å². The minimum atomic E-state index is -0.512. The first-order valence-electron chi connectivity index (χ1n) is 9.84. The van der Waals surface area contributed by atoms with Gasteiger partial charge in [0, 0.05) is 11.3 Å². The van der Waals surface area contributed by atoms with E-state index in [-0.39, 0.29) is 11.5 Å². The third-order valence-electron chi connectivity index (χ3n) is 4.87. The molecule has 0 aliphatic rings. The Kier molecular flexibility index (Phi) is 5.97. The van der Waals surface area contributed by atoms with Gasteiger partial charge < -0.3 is 14.5 Å². The molecule has 0 bridgehead atoms. The monoisotopic (exact) mass is 451 g/mol. The number of rotatable bonds is 5. The Morgan fingerprint density at radius 2 is 1.81 bits per heavy atom. The lowest BCUT2D eigenvalue weighted by molar-refractivity contribution is -0.118. The highest BCUT2D eigenvalue weighted by molar-refractivity contribution is 6.33. The number of carbonyl (C=O) groups excluding carboxylic acids is 1. The van der Waals surface area contributed by atoms with Crippen molar-refractivity contribution in [3.05, 3.63) is 92.9 Å². The van der Waals surface area contributed by atoms with Crippen LogP contribution in [-0.2, 0) is 4.79 Å². The lowest BCUT2D eigenvalue weighted by Crippen LogP contribution is -2.22. The molecule has 0 saturated carbocycles. The van der Waals surface area contributed by atoms with E-state index in [1.165, 1.54) is 24.3 Å². The SMILES string of the molecule is Cc1cc(C)c2oc(-c3ccccc3Cl)c(OCC(=O)Nc3ccc(F)cc3)c(=O)c2c1. The van der Waals surface area contributed by atoms with Gasteiger partial charge in [0.25, 0.3) is 5.91 Å². The number of carbonyl (C=O) groups is 1. The first kappa shape index (κ1) is 21.6. The second kappa shape index (κ2) is 8.85. The molecule has 7 heteroatoms. The predicted molar refractivity (Wildman–Crippen MR) is 123 cm³/mol. The van der Waals surface area contributed by atoms with Crippen LogP contribution in [0.4, 0.5) is 10.1 Å². The zero-order valence-corrected chi connectivity index (χ0v) is 18.1. The van der Waals surface area contributed by atoms with Crippen molar-refractivity contribution in [2.75, 3.05) is 11.9 Å². The minimum absolute atomic E-state index is 0.107. The molecule has 32 heavy (non-hydrogen) atoms. The van der Waals surface area contributed by atoms with E-state index in [1.807, 2.05) is 19.9 Å². The number of hydrogen-bond acceptors (Lipinski definition) is 4. The summed E-state index contributed by atoms with van der Waals surface area (Å²) in [6.07, 6.45) is 0. The van der Waals surface area contributed by atoms with E-state index in [9.17, 15) is 14.0 Å². The molecule has 0 saturated heterocycles. The summed E-state index contributed by atoms with van der Waals surface area (Å²) in [5.41, 5.74) is 2.60. The lowest BCUT2D eigenvalue weighted by atomic mass is 10.1. The lowest BCUT2D eigenvalue weighted by Gasteiger charge is -2.14. The highest BCUT2D eigenvalue weighted by Gasteiger charge is 2.21. The van der Waals surface area contributed by atoms with Crippen molar-refractivity contribution in [1.82, 2.24) is 0 Å². The van der Waals surface area contributed by atoms with Crippen molar-refractivity contribution in [2.24, 2.45) is 0 Å². The summed E-state index contributed by atoms with van der Waals surface area (Å²) < 4.78 is 24.8. The van der Waals surface area contributed by atoms with Crippen LogP contribution >= 0.6 is 11.6 Å². The number of aryl methyl sites for hydroxylation is 2. The van der Waals surface area contributed by atoms with Gasteiger partial charge >= 0.3 is 0 Å². The fourth-order valence-corrected chi connectivity index (χ4v) is 3.68. The van der Waals surface area contributed by atoms with Crippen molar-refractivity contribution >= 4 is 34.2 Å². The van der Waals surface area contributed by atoms with Crippen LogP contribution in [0.15, 0.2) is 69.9 Å². The topological polar surface area (TPSA) is 68.5 Å². The van der Waals surface area contributed by atoms with Gasteiger partial charge in [-0.2, -0.15) is 0 Å². The number of anilines is 1. The Hall–Kier alpha value is -3.64. The summed E-state index contributed by atoms with van der Waals surface area (Å²) in [6.45, 7) is 3.28. The summed E-state index contributed by atoms with van der Waals surface area (Å²) in [6, 6.07) is 15.9. The molecule has 0 unspecified atom stereocenters. The molecule has 4 rings (SSSR count). The molecule has 0 atom stereocenters. The van der Waals surface area contributed by atoms with Crippen LogP contribution in [0.25, 0.3) is 22.3 Å². The second-order valence-corrected chi connectivity index (χ2v) is 7.78. The third kappa shape index (κ3) is 4.36. The van der Waals surface area contributed by atoms with E-state index in [4.69, 9.17) is 20.8 Å². The molecule has 5 nitrogen and oxygen atoms in total. The molecule has 1 N–H and O–H groups in total. The maximum Gasteiger partial charge on any atom is 0.262 e. The zero-order chi connectivity index (χ0) is 22.8. The molecule has 1 aromatic heterocycles. The summed E-state index contributed by atoms with van der Waals surface area (Å²) >= 11 is 6.35. The molecular formula is C25H19ClFNO4. The van der Waals surface area contributed by atoms with Crippen molar-refractivity contribution in [2.45, 2.75) is 13.8 Å². The van der Waals surface area contributed by atoms with Gasteiger partial charge in [0.2, 0.25) is 11.2 Å². The van der Waals surface area contributed by atoms with Crippen LogP contribution in [0.5, 0.6) is 5.75 Å². The summed E-state index contributed by atoms with van der Waals surface area (Å²) in [5, 5.41) is 3.32. The molecule has 0 aliphatic heterocycles. The van der Waals surface area contributed by atoms with E-state index in [0.29, 0.717) is 27.2 Å². The van der Waals surface area contributed by atoms with Crippen LogP contribution in [0, 0.1) is 19.7 Å². The van der Waals surface area contributed by atoms with E-state index >= 15 is 0 Å². The van der Waals surface area contributed by atoms with Crippen LogP contribution < -0.4 is 15.5 Å². The Morgan fingerprint density at radius 3 is 2.53 bits per heavy atom. The van der Waals surface area contributed by atoms with E-state index < -0.39 is 23.8 Å². The number of amides is 1. The zero-order valence-electron chi connectivity index (χ0n) is 17.4. The van der Waals surface area contributed by atoms with Crippen molar-refractivity contribution in [3.63, 3.8) is 0 Å². The molecule has 0 spiro atoms. The average molecular weight is 452 g/mol. The van der Waals surface area contributed by atoms with Gasteiger partial charge in [-0.3, -0.25) is 9.59 Å². The Bertz CT molecular complexity index is 1380. The molecule has 0 fully saturated rings. The van der Waals surface area contributed by atoms with Gasteiger partial charge in [-0.05, 0) is 67.4 Å². The van der Waals surface area contributed by atoms with Crippen molar-refractivity contribution < 1.29 is 18.3 Å². The van der Waals surface area contributed by atoms with Gasteiger partial charge in [0.15, 0.2) is 12.4 Å². The highest BCUT2D eigenvalue weighted by atomic mass is 35.5. The smallest absolute Gasteiger partial charge is 0.262 e. The van der Waals surface area contributed by atoms with Gasteiger partial charge in [-0.25, -0.2) is 4.39 Å². The largest absolute Gasteiger partial charge is 0.476 e. The van der Waals surface area contributed by atoms with Crippen LogP contribution in [0.2, 0.25) is 5.02 Å². The number of halogens is 2. The summed E-state index contributed by atoms with van der Waals surface area (Å²) in [7, 11) is 0. The summed E-state index contributed by atoms with van der Waals surface area (Å²) in [4.78, 5) is 25.7. The van der Waals surface area contributed by atoms with Gasteiger partial charge in [-0.1, -0.05) is 29.8 Å². The third-order valence-corrected chi connectivity index (χ3v) is 5.20. The Morgan fingerprint density at radius 1 is 1.09 bits per heavy atom. The molecule has 1 amide bonds. The fraction of sp³-hybridized carbons (Fsp3) is 0.120. The average Bonchev–Trinajstić information content (AvgIpc) is 2.75. The van der Waals surface area contributed by atoms with Gasteiger partial charge in [0.1, 0.15) is 11.4 Å². The summed E-state index contributed by atoms with van der Waals surface area (Å²) in [5.74, 6) is -0.885. The van der Waals surface area contributed by atoms with Crippen LogP contribution in [0.3, 0.4) is 0 Å². The van der Waals surface area contributed by atoms with Crippen molar-refractivity contribution in [3.8, 4) is 17.1 Å². The van der Waals surface area contributed by atoms with Gasteiger partial charge in [-0.15, -0.1) is 0 Å². The quantitative estimate of drug-likeness (QED) is 0.411. The molecule has 1 heterocycles. The molecule has 0 radical (unpaired) electrons. The number of ether oxygens (including phenoxy) is 1. The molecule has 3 aromatic carbocycles. The molecule has 4 aromatic rings. The standard InChI is InChI=1S/C25H19ClFNO4/c1-14-11-15(2)23-19(12-14)22(30)25(24(32-23)18-5-3-4-6-20(18)26)31-13-21(29)28-17-9-7-16(27)8-10-17/h3-12H,13H2,1-2H3,(H,28,29). The second-order valence-electron chi connectivity index (χ2n) is 7.37. The van der Waals surface area contributed by atoms with E-state index in [2.05, 4.69) is 5.32 Å². The predicted octanol–water partition coefficient (Wildman–Crippen LogP) is 5.89. The number of fused-ring (bicyclic) bond motifs is 1. The Labute approximate surface area is 188 Å². The van der Waals surface area contributed by atoms with Crippen LogP contribution in [-0.4, -0.2) is 12.5 Å². The number of nitrogens with one attached hydrogen (secondary N) is 1. The first-order valence-corrected chi connectivity index (χ1v) is 10.2. The minimum Gasteiger partial charge on any atom is -0.476 e. The number of benzene rings is 3. The first-order chi connectivity index (χ1) is 15.3. The van der Waals surface area contributed by atoms with E-state index in [0.717, 1.165) is 11.1 Å². The molecule has 162 valence electrons. The number of hydrogen-bond donors (Lipinski definition) is 1. The van der Waals surface area contributed by atoms with Crippen molar-refractivity contribution in [1.29, 1.82) is 0 Å². The Balaban J connectivity index is 1.75. The highest BCUT2D eigenvalue weighted by Crippen LogP contribution is 2.36. The molecular weight excluding hydrogens is 433 g/mol. The van der Waals surface area contributed by atoms with Gasteiger partial charge in [0.05, 0.1) is 10.4 Å². The maximum absolute atomic E-state index is 13.3.